The second kappa shape index (κ2) is 8.60. The van der Waals surface area contributed by atoms with E-state index in [1.807, 2.05) is 25.2 Å². The largest absolute Gasteiger partial charge is 0.490 e. The van der Waals surface area contributed by atoms with E-state index >= 15 is 0 Å². The Balaban J connectivity index is 1.54. The lowest BCUT2D eigenvalue weighted by Gasteiger charge is -2.27. The molecule has 0 unspecified atom stereocenters. The molecule has 0 atom stereocenters. The predicted octanol–water partition coefficient (Wildman–Crippen LogP) is 3.65. The average molecular weight is 461 g/mol. The molecule has 0 saturated carbocycles. The zero-order chi connectivity index (χ0) is 22.0. The summed E-state index contributed by atoms with van der Waals surface area (Å²) >= 11 is 6.07. The molecule has 8 nitrogen and oxygen atoms in total. The van der Waals surface area contributed by atoms with Crippen molar-refractivity contribution in [2.75, 3.05) is 29.8 Å². The minimum atomic E-state index is -3.93. The first-order chi connectivity index (χ1) is 14.8. The molecule has 4 rings (SSSR count). The molecular formula is C21H21ClN4O4S. The van der Waals surface area contributed by atoms with Crippen molar-refractivity contribution >= 4 is 33.1 Å². The molecule has 2 aromatic carbocycles. The maximum atomic E-state index is 12.9. The Kier molecular flexibility index (Phi) is 5.88. The summed E-state index contributed by atoms with van der Waals surface area (Å²) in [5.41, 5.74) is 2.32. The summed E-state index contributed by atoms with van der Waals surface area (Å²) in [6.07, 6.45) is 2.82. The van der Waals surface area contributed by atoms with Crippen molar-refractivity contribution in [3.63, 3.8) is 0 Å². The van der Waals surface area contributed by atoms with Gasteiger partial charge in [0.15, 0.2) is 0 Å². The normalized spacial score (nSPS) is 13.3. The van der Waals surface area contributed by atoms with Crippen LogP contribution in [-0.2, 0) is 16.6 Å². The van der Waals surface area contributed by atoms with Crippen LogP contribution in [0.1, 0.15) is 11.1 Å². The van der Waals surface area contributed by atoms with Gasteiger partial charge in [0.1, 0.15) is 19.0 Å². The molecular weight excluding hydrogens is 440 g/mol. The molecule has 0 spiro atoms. The van der Waals surface area contributed by atoms with E-state index in [-0.39, 0.29) is 23.2 Å². The third-order valence-electron chi connectivity index (χ3n) is 4.90. The fourth-order valence-electron chi connectivity index (χ4n) is 3.21. The summed E-state index contributed by atoms with van der Waals surface area (Å²) in [5, 5.41) is 0.360. The van der Waals surface area contributed by atoms with Gasteiger partial charge < -0.3 is 14.4 Å². The number of fused-ring (bicyclic) bond motifs is 1. The minimum absolute atomic E-state index is 0.00387. The number of ether oxygens (including phenoxy) is 2. The molecule has 2 heterocycles. The van der Waals surface area contributed by atoms with Crippen LogP contribution < -0.4 is 19.1 Å². The van der Waals surface area contributed by atoms with Crippen molar-refractivity contribution in [1.29, 1.82) is 0 Å². The summed E-state index contributed by atoms with van der Waals surface area (Å²) in [4.78, 5) is 10.4. The van der Waals surface area contributed by atoms with Gasteiger partial charge in [0.2, 0.25) is 5.82 Å². The molecule has 0 radical (unpaired) electrons. The Morgan fingerprint density at radius 3 is 2.87 bits per heavy atom. The molecule has 10 heteroatoms. The molecule has 162 valence electrons. The average Bonchev–Trinajstić information content (AvgIpc) is 2.75. The van der Waals surface area contributed by atoms with Gasteiger partial charge in [-0.3, -0.25) is 4.72 Å². The van der Waals surface area contributed by atoms with Gasteiger partial charge in [0.05, 0.1) is 17.1 Å². The summed E-state index contributed by atoms with van der Waals surface area (Å²) < 4.78 is 39.7. The second-order valence-electron chi connectivity index (χ2n) is 7.04. The highest BCUT2D eigenvalue weighted by atomic mass is 35.5. The quantitative estimate of drug-likeness (QED) is 0.600. The van der Waals surface area contributed by atoms with E-state index in [9.17, 15) is 8.42 Å². The van der Waals surface area contributed by atoms with Gasteiger partial charge in [-0.15, -0.1) is 0 Å². The van der Waals surface area contributed by atoms with Gasteiger partial charge >= 0.3 is 0 Å². The SMILES string of the molecule is Cc1c(Cl)cccc1S(=O)(=O)Nc1nccnc1OCc1ccc2c(c1)OCCN2C. The number of nitrogens with zero attached hydrogens (tertiary/aromatic N) is 3. The number of hydrogen-bond donors (Lipinski definition) is 1. The maximum Gasteiger partial charge on any atom is 0.263 e. The fourth-order valence-corrected chi connectivity index (χ4v) is 4.71. The molecule has 1 aliphatic rings. The molecule has 1 aliphatic heterocycles. The van der Waals surface area contributed by atoms with Crippen LogP contribution in [0, 0.1) is 6.92 Å². The Hall–Kier alpha value is -3.04. The number of anilines is 2. The van der Waals surface area contributed by atoms with Crippen molar-refractivity contribution in [2.24, 2.45) is 0 Å². The topological polar surface area (TPSA) is 93.7 Å². The van der Waals surface area contributed by atoms with E-state index in [0.717, 1.165) is 23.5 Å². The van der Waals surface area contributed by atoms with E-state index in [2.05, 4.69) is 19.6 Å². The van der Waals surface area contributed by atoms with Crippen LogP contribution in [0.4, 0.5) is 11.5 Å². The van der Waals surface area contributed by atoms with Crippen LogP contribution in [0.15, 0.2) is 53.7 Å². The van der Waals surface area contributed by atoms with E-state index < -0.39 is 10.0 Å². The molecule has 0 bridgehead atoms. The number of sulfonamides is 1. The summed E-state index contributed by atoms with van der Waals surface area (Å²) in [5.74, 6) is 0.851. The maximum absolute atomic E-state index is 12.9. The van der Waals surface area contributed by atoms with Gasteiger partial charge in [-0.1, -0.05) is 23.7 Å². The zero-order valence-corrected chi connectivity index (χ0v) is 18.6. The number of rotatable bonds is 6. The number of halogens is 1. The Bertz CT molecular complexity index is 1220. The van der Waals surface area contributed by atoms with Gasteiger partial charge in [-0.25, -0.2) is 18.4 Å². The first kappa shape index (κ1) is 21.2. The number of aromatic nitrogens is 2. The second-order valence-corrected chi connectivity index (χ2v) is 9.10. The standard InChI is InChI=1S/C21H21ClN4O4S/c1-14-16(22)4-3-5-19(14)31(27,28)25-20-21(24-9-8-23-20)30-13-15-6-7-17-18(12-15)29-11-10-26(17)2/h3-9,12H,10-11,13H2,1-2H3,(H,23,25). The lowest BCUT2D eigenvalue weighted by Crippen LogP contribution is -2.28. The molecule has 0 aliphatic carbocycles. The predicted molar refractivity (Wildman–Crippen MR) is 119 cm³/mol. The minimum Gasteiger partial charge on any atom is -0.490 e. The molecule has 0 fully saturated rings. The van der Waals surface area contributed by atoms with E-state index in [4.69, 9.17) is 21.1 Å². The third-order valence-corrected chi connectivity index (χ3v) is 6.79. The first-order valence-corrected chi connectivity index (χ1v) is 11.4. The van der Waals surface area contributed by atoms with Crippen LogP contribution in [-0.4, -0.2) is 38.6 Å². The molecule has 1 N–H and O–H groups in total. The number of likely N-dealkylation sites (N-methyl/N-ethyl adjacent to an activating group) is 1. The van der Waals surface area contributed by atoms with Gasteiger partial charge in [-0.05, 0) is 42.3 Å². The van der Waals surface area contributed by atoms with Crippen LogP contribution in [0.2, 0.25) is 5.02 Å². The monoisotopic (exact) mass is 460 g/mol. The summed E-state index contributed by atoms with van der Waals surface area (Å²) in [6, 6.07) is 10.5. The van der Waals surface area contributed by atoms with Crippen molar-refractivity contribution in [2.45, 2.75) is 18.4 Å². The van der Waals surface area contributed by atoms with Crippen molar-refractivity contribution < 1.29 is 17.9 Å². The highest BCUT2D eigenvalue weighted by Crippen LogP contribution is 2.32. The van der Waals surface area contributed by atoms with Gasteiger partial charge in [-0.2, -0.15) is 0 Å². The van der Waals surface area contributed by atoms with Crippen LogP contribution in [0.25, 0.3) is 0 Å². The van der Waals surface area contributed by atoms with Gasteiger partial charge in [0.25, 0.3) is 15.9 Å². The smallest absolute Gasteiger partial charge is 0.263 e. The lowest BCUT2D eigenvalue weighted by atomic mass is 10.1. The molecule has 0 amide bonds. The number of benzene rings is 2. The number of hydrogen-bond acceptors (Lipinski definition) is 7. The lowest BCUT2D eigenvalue weighted by molar-refractivity contribution is 0.289. The highest BCUT2D eigenvalue weighted by Gasteiger charge is 2.22. The molecule has 3 aromatic rings. The number of nitrogens with one attached hydrogen (secondary N) is 1. The summed E-state index contributed by atoms with van der Waals surface area (Å²) in [6.45, 7) is 3.26. The zero-order valence-electron chi connectivity index (χ0n) is 17.0. The highest BCUT2D eigenvalue weighted by molar-refractivity contribution is 7.92. The first-order valence-electron chi connectivity index (χ1n) is 9.54. The fraction of sp³-hybridized carbons (Fsp3) is 0.238. The van der Waals surface area contributed by atoms with Crippen molar-refractivity contribution in [3.05, 3.63) is 64.9 Å². The van der Waals surface area contributed by atoms with E-state index in [0.29, 0.717) is 17.2 Å². The van der Waals surface area contributed by atoms with Gasteiger partial charge in [0, 0.05) is 24.5 Å². The van der Waals surface area contributed by atoms with Crippen LogP contribution in [0.3, 0.4) is 0 Å². The van der Waals surface area contributed by atoms with Crippen LogP contribution >= 0.6 is 11.6 Å². The van der Waals surface area contributed by atoms with Crippen molar-refractivity contribution in [3.8, 4) is 11.6 Å². The Morgan fingerprint density at radius 1 is 1.23 bits per heavy atom. The molecule has 1 aromatic heterocycles. The van der Waals surface area contributed by atoms with Crippen LogP contribution in [0.5, 0.6) is 11.6 Å². The van der Waals surface area contributed by atoms with Crippen molar-refractivity contribution in [1.82, 2.24) is 9.97 Å². The third kappa shape index (κ3) is 4.52. The molecule has 31 heavy (non-hydrogen) atoms. The van der Waals surface area contributed by atoms with E-state index in [1.165, 1.54) is 18.5 Å². The summed E-state index contributed by atoms with van der Waals surface area (Å²) in [7, 11) is -1.92. The van der Waals surface area contributed by atoms with E-state index in [1.54, 1.807) is 19.1 Å². The molecule has 0 saturated heterocycles. The Morgan fingerprint density at radius 2 is 2.03 bits per heavy atom. The Labute approximate surface area is 185 Å².